The molecule has 3 saturated carbocycles. The average Bonchev–Trinajstić information content (AvgIpc) is 3.41. The first-order valence-electron chi connectivity index (χ1n) is 17.6. The van der Waals surface area contributed by atoms with Gasteiger partial charge in [-0.15, -0.1) is 0 Å². The van der Waals surface area contributed by atoms with E-state index in [0.717, 1.165) is 54.5 Å². The lowest BCUT2D eigenvalue weighted by molar-refractivity contribution is -0.119. The second kappa shape index (κ2) is 18.6. The third-order valence-corrected chi connectivity index (χ3v) is 12.5. The summed E-state index contributed by atoms with van der Waals surface area (Å²) >= 11 is 4.66. The molecule has 6 nitrogen and oxygen atoms in total. The van der Waals surface area contributed by atoms with E-state index in [-0.39, 0.29) is 33.9 Å². The Labute approximate surface area is 293 Å². The van der Waals surface area contributed by atoms with Crippen molar-refractivity contribution < 1.29 is 27.7 Å². The number of alkyl halides is 1. The Morgan fingerprint density at radius 2 is 1.71 bits per heavy atom. The lowest BCUT2D eigenvalue weighted by Crippen LogP contribution is -2.35. The highest BCUT2D eigenvalue weighted by molar-refractivity contribution is 8.26. The highest BCUT2D eigenvalue weighted by atomic mass is 32.8. The van der Waals surface area contributed by atoms with Gasteiger partial charge in [0, 0.05) is 38.6 Å². The molecule has 3 atom stereocenters. The third kappa shape index (κ3) is 11.7. The maximum atomic E-state index is 14.3. The zero-order valence-electron chi connectivity index (χ0n) is 29.4. The highest BCUT2D eigenvalue weighted by Crippen LogP contribution is 2.40. The predicted molar refractivity (Wildman–Crippen MR) is 196 cm³/mol. The summed E-state index contributed by atoms with van der Waals surface area (Å²) in [5, 5.41) is 3.31. The Balaban J connectivity index is 0.000000228. The van der Waals surface area contributed by atoms with Crippen molar-refractivity contribution in [1.29, 1.82) is 0 Å². The first kappa shape index (κ1) is 40.2. The van der Waals surface area contributed by atoms with Crippen LogP contribution in [0.15, 0.2) is 36.4 Å². The van der Waals surface area contributed by atoms with Gasteiger partial charge in [0.15, 0.2) is 0 Å². The minimum absolute atomic E-state index is 0.148. The Hall–Kier alpha value is -2.27. The number of hydrogen-bond donors (Lipinski definition) is 3. The van der Waals surface area contributed by atoms with E-state index < -0.39 is 21.8 Å². The summed E-state index contributed by atoms with van der Waals surface area (Å²) < 4.78 is 42.3. The third-order valence-electron chi connectivity index (χ3n) is 10.0. The van der Waals surface area contributed by atoms with Gasteiger partial charge in [-0.1, -0.05) is 44.9 Å². The molecule has 6 rings (SSSR count). The number of benzene rings is 2. The topological polar surface area (TPSA) is 102 Å². The Kier molecular flexibility index (Phi) is 15.6. The van der Waals surface area contributed by atoms with Crippen LogP contribution in [0.4, 0.5) is 8.78 Å². The van der Waals surface area contributed by atoms with Gasteiger partial charge in [-0.05, 0) is 131 Å². The van der Waals surface area contributed by atoms with E-state index in [4.69, 9.17) is 15.0 Å². The smallest absolute Gasteiger partial charge is 0.224 e. The molecule has 1 heterocycles. The van der Waals surface area contributed by atoms with Gasteiger partial charge < -0.3 is 25.1 Å². The Bertz CT molecular complexity index is 1390. The number of Topliss-reactive ketones (excluding diaryl/α,β-unsaturated/α-hetero) is 1. The van der Waals surface area contributed by atoms with Crippen molar-refractivity contribution >= 4 is 32.6 Å². The fraction of sp³-hybridized carbons (Fsp3) is 0.632. The Morgan fingerprint density at radius 1 is 1.08 bits per heavy atom. The highest BCUT2D eigenvalue weighted by Gasteiger charge is 2.41. The van der Waals surface area contributed by atoms with Gasteiger partial charge >= 0.3 is 0 Å². The second-order valence-corrected chi connectivity index (χ2v) is 16.4. The average molecular weight is 707 g/mol. The van der Waals surface area contributed by atoms with Crippen LogP contribution < -0.4 is 15.8 Å². The monoisotopic (exact) mass is 706 g/mol. The zero-order chi connectivity index (χ0) is 35.5. The van der Waals surface area contributed by atoms with E-state index in [9.17, 15) is 18.4 Å². The van der Waals surface area contributed by atoms with Crippen LogP contribution in [-0.2, 0) is 36.9 Å². The fourth-order valence-corrected chi connectivity index (χ4v) is 7.28. The van der Waals surface area contributed by atoms with Crippen LogP contribution in [-0.4, -0.2) is 45.3 Å². The number of primary amides is 1. The molecule has 1 aliphatic heterocycles. The first-order chi connectivity index (χ1) is 22.7. The predicted octanol–water partition coefficient (Wildman–Crippen LogP) is 8.67. The molecule has 268 valence electrons. The number of carbonyl (C=O) groups excluding carboxylic acids is 2. The number of nitrogens with two attached hydrogens (primary N) is 1. The summed E-state index contributed by atoms with van der Waals surface area (Å²) in [5.41, 5.74) is 8.84. The van der Waals surface area contributed by atoms with E-state index in [0.29, 0.717) is 24.9 Å². The molecule has 4 fully saturated rings. The maximum Gasteiger partial charge on any atom is 0.224 e. The van der Waals surface area contributed by atoms with Crippen molar-refractivity contribution in [3.63, 3.8) is 0 Å². The number of rotatable bonds is 8. The largest absolute Gasteiger partial charge is 0.490 e. The van der Waals surface area contributed by atoms with E-state index >= 15 is 0 Å². The number of carbonyl (C=O) groups is 2. The SMILES string of the molecule is CC1(S(O)=S)CC1.CCC(C)=O.CCc1c(F)cccc1-c1cc(C(C)C(N)=O)ccc1OC1CCCC1.FC1CNC2(CCCC2)C1. The molecule has 2 aromatic carbocycles. The van der Waals surface area contributed by atoms with Gasteiger partial charge in [-0.2, -0.15) is 0 Å². The molecular weight excluding hydrogens is 651 g/mol. The van der Waals surface area contributed by atoms with Gasteiger partial charge in [0.25, 0.3) is 0 Å². The molecule has 3 aliphatic carbocycles. The number of nitrogens with one attached hydrogen (secondary N) is 1. The quantitative estimate of drug-likeness (QED) is 0.254. The molecule has 3 unspecified atom stereocenters. The second-order valence-electron chi connectivity index (χ2n) is 13.9. The molecule has 4 N–H and O–H groups in total. The minimum Gasteiger partial charge on any atom is -0.490 e. The fourth-order valence-electron chi connectivity index (χ4n) is 6.33. The lowest BCUT2D eigenvalue weighted by atomic mass is 9.92. The molecule has 4 aliphatic rings. The van der Waals surface area contributed by atoms with E-state index in [1.807, 2.05) is 45.0 Å². The zero-order valence-corrected chi connectivity index (χ0v) is 31.1. The van der Waals surface area contributed by atoms with Crippen molar-refractivity contribution in [2.45, 2.75) is 147 Å². The van der Waals surface area contributed by atoms with Crippen LogP contribution in [0, 0.1) is 5.82 Å². The number of amides is 1. The molecule has 0 radical (unpaired) electrons. The molecule has 1 spiro atoms. The summed E-state index contributed by atoms with van der Waals surface area (Å²) in [6.07, 6.45) is 13.3. The van der Waals surface area contributed by atoms with Crippen LogP contribution in [0.2, 0.25) is 0 Å². The summed E-state index contributed by atoms with van der Waals surface area (Å²) in [5.74, 6) is -0.00363. The van der Waals surface area contributed by atoms with Crippen LogP contribution >= 0.6 is 0 Å². The van der Waals surface area contributed by atoms with Crippen LogP contribution in [0.5, 0.6) is 5.75 Å². The molecule has 0 bridgehead atoms. The normalized spacial score (nSPS) is 21.5. The maximum absolute atomic E-state index is 14.3. The standard InChI is InChI=1S/C22H26FNO2.C8H14FN.C4H8OS2.C4H8O/c1-3-17-18(9-6-10-20(17)23)19-13-15(14(2)22(24)25)11-12-21(19)26-16-7-4-5-8-16;9-7-5-8(10-6-7)3-1-2-4-8;1-4(2-3-4)7(5)6;1-3-4(2)5/h6,9-14,16H,3-5,7-8H2,1-2H3,(H2,24,25);7,10H,1-6H2;2-3H2,1H3,(H,5,6);3H2,1-2H3. The summed E-state index contributed by atoms with van der Waals surface area (Å²) in [6.45, 7) is 9.78. The van der Waals surface area contributed by atoms with E-state index in [2.05, 4.69) is 16.5 Å². The van der Waals surface area contributed by atoms with Crippen LogP contribution in [0.3, 0.4) is 0 Å². The number of ether oxygens (including phenoxy) is 1. The molecule has 1 amide bonds. The van der Waals surface area contributed by atoms with Crippen molar-refractivity contribution in [3.8, 4) is 16.9 Å². The Morgan fingerprint density at radius 3 is 2.17 bits per heavy atom. The number of ketones is 1. The first-order valence-corrected chi connectivity index (χ1v) is 19.7. The molecular formula is C38H56F2N2O4S2. The number of hydrogen-bond acceptors (Lipinski definition) is 5. The van der Waals surface area contributed by atoms with Crippen LogP contribution in [0.1, 0.15) is 129 Å². The molecule has 1 saturated heterocycles. The number of halogens is 2. The van der Waals surface area contributed by atoms with Crippen molar-refractivity contribution in [1.82, 2.24) is 5.32 Å². The summed E-state index contributed by atoms with van der Waals surface area (Å²) in [4.78, 5) is 21.4. The van der Waals surface area contributed by atoms with Gasteiger partial charge in [-0.25, -0.2) is 8.78 Å². The van der Waals surface area contributed by atoms with E-state index in [1.165, 1.54) is 44.6 Å². The van der Waals surface area contributed by atoms with Gasteiger partial charge in [-0.3, -0.25) is 4.79 Å². The summed E-state index contributed by atoms with van der Waals surface area (Å²) in [7, 11) is -0.738. The van der Waals surface area contributed by atoms with Crippen molar-refractivity contribution in [2.24, 2.45) is 5.73 Å². The van der Waals surface area contributed by atoms with Gasteiger partial charge in [0.2, 0.25) is 5.91 Å². The molecule has 2 aromatic rings. The van der Waals surface area contributed by atoms with Crippen LogP contribution in [0.25, 0.3) is 11.1 Å². The van der Waals surface area contributed by atoms with Gasteiger partial charge in [0.05, 0.1) is 12.0 Å². The van der Waals surface area contributed by atoms with Crippen molar-refractivity contribution in [3.05, 3.63) is 53.3 Å². The summed E-state index contributed by atoms with van der Waals surface area (Å²) in [6, 6.07) is 10.8. The molecule has 10 heteroatoms. The van der Waals surface area contributed by atoms with E-state index in [1.54, 1.807) is 19.9 Å². The molecule has 0 aromatic heterocycles. The minimum atomic E-state index is -0.738. The van der Waals surface area contributed by atoms with Gasteiger partial charge in [0.1, 0.15) is 23.5 Å². The molecule has 48 heavy (non-hydrogen) atoms. The lowest BCUT2D eigenvalue weighted by Gasteiger charge is -2.21. The van der Waals surface area contributed by atoms with Crippen molar-refractivity contribution in [2.75, 3.05) is 6.54 Å².